The average molecular weight is 473 g/mol. The van der Waals surface area contributed by atoms with Gasteiger partial charge in [-0.1, -0.05) is 44.0 Å². The molecule has 2 heterocycles. The summed E-state index contributed by atoms with van der Waals surface area (Å²) in [6.45, 7) is 11.2. The molecule has 31 heavy (non-hydrogen) atoms. The molecule has 2 aromatic heterocycles. The van der Waals surface area contributed by atoms with E-state index in [4.69, 9.17) is 32.7 Å². The number of nitrogens with zero attached hydrogens (tertiary/aromatic N) is 2. The molecule has 0 bridgehead atoms. The van der Waals surface area contributed by atoms with Crippen molar-refractivity contribution in [2.75, 3.05) is 0 Å². The topological polar surface area (TPSA) is 55.2 Å². The molecular formula is C24H26Cl2N2O2Si. The number of hydrogen-bond acceptors (Lipinski definition) is 4. The lowest BCUT2D eigenvalue weighted by Crippen LogP contribution is -2.43. The molecule has 162 valence electrons. The Labute approximate surface area is 194 Å². The van der Waals surface area contributed by atoms with Crippen LogP contribution in [-0.4, -0.2) is 23.4 Å². The first-order chi connectivity index (χ1) is 14.4. The van der Waals surface area contributed by atoms with Crippen molar-refractivity contribution in [2.24, 2.45) is 0 Å². The van der Waals surface area contributed by atoms with E-state index >= 15 is 0 Å². The van der Waals surface area contributed by atoms with E-state index in [0.29, 0.717) is 15.8 Å². The van der Waals surface area contributed by atoms with Gasteiger partial charge in [-0.05, 0) is 66.7 Å². The van der Waals surface area contributed by atoms with Gasteiger partial charge < -0.3 is 9.53 Å². The average Bonchev–Trinajstić information content (AvgIpc) is 2.66. The monoisotopic (exact) mass is 472 g/mol. The normalized spacial score (nSPS) is 11.8. The Morgan fingerprint density at radius 2 is 1.26 bits per heavy atom. The van der Waals surface area contributed by atoms with Gasteiger partial charge in [0, 0.05) is 22.9 Å². The van der Waals surface area contributed by atoms with Crippen molar-refractivity contribution < 1.29 is 9.53 Å². The SMILES string of the molecule is CC(C)(C)[Si](C)(C)Oc1ccc2ccc(Cl)nc2c1.Oc1ccc2ccc(Cl)nc2c1. The summed E-state index contributed by atoms with van der Waals surface area (Å²) in [4.78, 5) is 8.37. The van der Waals surface area contributed by atoms with Gasteiger partial charge in [-0.15, -0.1) is 0 Å². The summed E-state index contributed by atoms with van der Waals surface area (Å²) < 4.78 is 6.27. The van der Waals surface area contributed by atoms with Crippen LogP contribution in [0.15, 0.2) is 60.7 Å². The number of phenols is 1. The summed E-state index contributed by atoms with van der Waals surface area (Å²) in [7, 11) is -1.81. The Kier molecular flexibility index (Phi) is 6.79. The number of pyridine rings is 2. The summed E-state index contributed by atoms with van der Waals surface area (Å²) in [6, 6.07) is 18.4. The van der Waals surface area contributed by atoms with Gasteiger partial charge in [0.15, 0.2) is 0 Å². The van der Waals surface area contributed by atoms with E-state index in [9.17, 15) is 0 Å². The van der Waals surface area contributed by atoms with E-state index in [-0.39, 0.29) is 10.8 Å². The van der Waals surface area contributed by atoms with E-state index in [1.807, 2.05) is 30.3 Å². The van der Waals surface area contributed by atoms with Crippen LogP contribution in [0.25, 0.3) is 21.8 Å². The van der Waals surface area contributed by atoms with E-state index in [0.717, 1.165) is 22.0 Å². The summed E-state index contributed by atoms with van der Waals surface area (Å²) in [5.41, 5.74) is 1.59. The van der Waals surface area contributed by atoms with Crippen LogP contribution in [0.3, 0.4) is 0 Å². The Morgan fingerprint density at radius 3 is 1.81 bits per heavy atom. The molecule has 0 fully saturated rings. The molecule has 1 N–H and O–H groups in total. The van der Waals surface area contributed by atoms with Gasteiger partial charge in [-0.3, -0.25) is 0 Å². The molecule has 4 aromatic rings. The predicted molar refractivity (Wildman–Crippen MR) is 133 cm³/mol. The molecule has 0 aliphatic heterocycles. The molecule has 0 saturated carbocycles. The van der Waals surface area contributed by atoms with Gasteiger partial charge in [0.25, 0.3) is 0 Å². The van der Waals surface area contributed by atoms with E-state index < -0.39 is 8.32 Å². The van der Waals surface area contributed by atoms with Crippen molar-refractivity contribution in [3.05, 3.63) is 71.0 Å². The largest absolute Gasteiger partial charge is 0.543 e. The van der Waals surface area contributed by atoms with Crippen LogP contribution >= 0.6 is 23.2 Å². The van der Waals surface area contributed by atoms with Gasteiger partial charge >= 0.3 is 0 Å². The zero-order chi connectivity index (χ0) is 22.8. The maximum Gasteiger partial charge on any atom is 0.250 e. The van der Waals surface area contributed by atoms with Crippen LogP contribution in [0.4, 0.5) is 0 Å². The molecule has 4 rings (SSSR count). The molecule has 0 spiro atoms. The maximum absolute atomic E-state index is 9.14. The Balaban J connectivity index is 0.000000194. The maximum atomic E-state index is 9.14. The first-order valence-electron chi connectivity index (χ1n) is 9.95. The molecule has 0 aliphatic rings. The summed E-state index contributed by atoms with van der Waals surface area (Å²) in [5.74, 6) is 1.09. The molecule has 0 radical (unpaired) electrons. The van der Waals surface area contributed by atoms with E-state index in [2.05, 4.69) is 43.8 Å². The standard InChI is InChI=1S/C15H20ClNOSi.C9H6ClNO/c1-15(2,3)19(4,5)18-12-8-6-11-7-9-14(16)17-13(11)10-12;10-9-4-2-6-1-3-7(12)5-8(6)11-9/h6-10H,1-5H3;1-5,12H. The summed E-state index contributed by atoms with van der Waals surface area (Å²) in [6.07, 6.45) is 0. The van der Waals surface area contributed by atoms with Crippen LogP contribution in [0.5, 0.6) is 11.5 Å². The number of halogens is 2. The van der Waals surface area contributed by atoms with Crippen LogP contribution in [0.1, 0.15) is 20.8 Å². The highest BCUT2D eigenvalue weighted by Gasteiger charge is 2.38. The number of phenolic OH excluding ortho intramolecular Hbond substituents is 1. The molecule has 0 saturated heterocycles. The second-order valence-electron chi connectivity index (χ2n) is 8.86. The molecular weight excluding hydrogens is 447 g/mol. The number of hydrogen-bond donors (Lipinski definition) is 1. The molecule has 0 atom stereocenters. The van der Waals surface area contributed by atoms with Crippen LogP contribution in [0.2, 0.25) is 28.4 Å². The lowest BCUT2D eigenvalue weighted by Gasteiger charge is -2.36. The van der Waals surface area contributed by atoms with Gasteiger partial charge in [-0.25, -0.2) is 9.97 Å². The lowest BCUT2D eigenvalue weighted by molar-refractivity contribution is 0.476. The fourth-order valence-electron chi connectivity index (χ4n) is 2.66. The Bertz CT molecular complexity index is 1190. The van der Waals surface area contributed by atoms with Gasteiger partial charge in [0.05, 0.1) is 11.0 Å². The fraction of sp³-hybridized carbons (Fsp3) is 0.250. The highest BCUT2D eigenvalue weighted by Crippen LogP contribution is 2.37. The summed E-state index contributed by atoms with van der Waals surface area (Å²) >= 11 is 11.6. The van der Waals surface area contributed by atoms with E-state index in [1.165, 1.54) is 0 Å². The third-order valence-corrected chi connectivity index (χ3v) is 10.2. The molecule has 4 nitrogen and oxygen atoms in total. The molecule has 7 heteroatoms. The van der Waals surface area contributed by atoms with Gasteiger partial charge in [-0.2, -0.15) is 0 Å². The molecule has 0 aliphatic carbocycles. The van der Waals surface area contributed by atoms with Crippen molar-refractivity contribution >= 4 is 53.3 Å². The first-order valence-corrected chi connectivity index (χ1v) is 13.6. The molecule has 2 aromatic carbocycles. The second-order valence-corrected chi connectivity index (χ2v) is 14.4. The minimum atomic E-state index is -1.81. The Hall–Kier alpha value is -2.34. The first kappa shape index (κ1) is 23.3. The van der Waals surface area contributed by atoms with Crippen molar-refractivity contribution in [1.82, 2.24) is 9.97 Å². The minimum absolute atomic E-state index is 0.184. The van der Waals surface area contributed by atoms with Crippen molar-refractivity contribution in [2.45, 2.75) is 38.9 Å². The van der Waals surface area contributed by atoms with Crippen LogP contribution in [-0.2, 0) is 0 Å². The zero-order valence-electron chi connectivity index (χ0n) is 18.3. The van der Waals surface area contributed by atoms with Gasteiger partial charge in [0.2, 0.25) is 8.32 Å². The molecule has 0 unspecified atom stereocenters. The number of benzene rings is 2. The van der Waals surface area contributed by atoms with Crippen LogP contribution < -0.4 is 4.43 Å². The fourth-order valence-corrected chi connectivity index (χ4v) is 3.99. The summed E-state index contributed by atoms with van der Waals surface area (Å²) in [5, 5.41) is 12.3. The number of aromatic hydroxyl groups is 1. The lowest BCUT2D eigenvalue weighted by atomic mass is 10.2. The predicted octanol–water partition coefficient (Wildman–Crippen LogP) is 7.87. The minimum Gasteiger partial charge on any atom is -0.543 e. The van der Waals surface area contributed by atoms with Crippen molar-refractivity contribution in [3.8, 4) is 11.5 Å². The highest BCUT2D eigenvalue weighted by molar-refractivity contribution is 6.74. The van der Waals surface area contributed by atoms with Gasteiger partial charge in [0.1, 0.15) is 21.8 Å². The zero-order valence-corrected chi connectivity index (χ0v) is 20.8. The number of rotatable bonds is 2. The van der Waals surface area contributed by atoms with Crippen molar-refractivity contribution in [3.63, 3.8) is 0 Å². The molecule has 0 amide bonds. The third-order valence-electron chi connectivity index (χ3n) is 5.45. The number of aromatic nitrogens is 2. The second kappa shape index (κ2) is 9.03. The third kappa shape index (κ3) is 5.88. The van der Waals surface area contributed by atoms with Crippen LogP contribution in [0, 0.1) is 0 Å². The van der Waals surface area contributed by atoms with E-state index in [1.54, 1.807) is 30.3 Å². The smallest absolute Gasteiger partial charge is 0.250 e. The number of fused-ring (bicyclic) bond motifs is 2. The highest BCUT2D eigenvalue weighted by atomic mass is 35.5. The van der Waals surface area contributed by atoms with Crippen molar-refractivity contribution in [1.29, 1.82) is 0 Å². The Morgan fingerprint density at radius 1 is 0.774 bits per heavy atom. The quantitative estimate of drug-likeness (QED) is 0.238.